The normalized spacial score (nSPS) is 19.9. The molecule has 0 spiro atoms. The van der Waals surface area contributed by atoms with Crippen LogP contribution < -0.4 is 10.1 Å². The number of halogens is 2. The first-order valence-corrected chi connectivity index (χ1v) is 8.07. The molecule has 0 bridgehead atoms. The third kappa shape index (κ3) is 3.30. The Balaban J connectivity index is 1.69. The molecule has 1 aliphatic heterocycles. The highest BCUT2D eigenvalue weighted by molar-refractivity contribution is 6.32. The van der Waals surface area contributed by atoms with E-state index in [0.717, 1.165) is 4.90 Å². The number of carbonyl (C=O) groups excluding carboxylic acids is 2. The highest BCUT2D eigenvalue weighted by Gasteiger charge is 2.49. The molecule has 0 saturated carbocycles. The van der Waals surface area contributed by atoms with Crippen molar-refractivity contribution in [2.24, 2.45) is 0 Å². The molecule has 2 aromatic rings. The summed E-state index contributed by atoms with van der Waals surface area (Å²) < 4.78 is 18.3. The van der Waals surface area contributed by atoms with Crippen molar-refractivity contribution in [3.63, 3.8) is 0 Å². The molecule has 1 N–H and O–H groups in total. The highest BCUT2D eigenvalue weighted by atomic mass is 35.5. The molecule has 0 aromatic heterocycles. The van der Waals surface area contributed by atoms with Crippen LogP contribution in [0.25, 0.3) is 0 Å². The fourth-order valence-electron chi connectivity index (χ4n) is 2.73. The van der Waals surface area contributed by atoms with Crippen LogP contribution in [0.2, 0.25) is 5.02 Å². The van der Waals surface area contributed by atoms with E-state index in [2.05, 4.69) is 5.32 Å². The van der Waals surface area contributed by atoms with Crippen molar-refractivity contribution >= 4 is 23.5 Å². The van der Waals surface area contributed by atoms with Gasteiger partial charge in [-0.2, -0.15) is 0 Å². The van der Waals surface area contributed by atoms with E-state index < -0.39 is 17.5 Å². The van der Waals surface area contributed by atoms with Crippen LogP contribution in [-0.2, 0) is 10.3 Å². The number of carbonyl (C=O) groups is 2. The number of imide groups is 1. The van der Waals surface area contributed by atoms with Gasteiger partial charge in [-0.05, 0) is 37.3 Å². The Morgan fingerprint density at radius 1 is 1.16 bits per heavy atom. The van der Waals surface area contributed by atoms with Crippen LogP contribution in [0.1, 0.15) is 12.5 Å². The molecular weight excluding hydrogens is 347 g/mol. The Kier molecular flexibility index (Phi) is 4.63. The molecule has 5 nitrogen and oxygen atoms in total. The van der Waals surface area contributed by atoms with Gasteiger partial charge in [0.25, 0.3) is 5.91 Å². The average Bonchev–Trinajstić information content (AvgIpc) is 2.81. The molecule has 130 valence electrons. The van der Waals surface area contributed by atoms with Crippen LogP contribution in [0.3, 0.4) is 0 Å². The zero-order valence-corrected chi connectivity index (χ0v) is 14.2. The summed E-state index contributed by atoms with van der Waals surface area (Å²) in [7, 11) is 0. The average molecular weight is 363 g/mol. The standard InChI is InChI=1S/C18H16ClFN2O3/c1-18(14-4-2-3-5-15(14)19)16(23)22(17(24)21-18)10-11-25-13-8-6-12(20)7-9-13/h2-9H,10-11H2,1H3,(H,21,24). The molecule has 25 heavy (non-hydrogen) atoms. The van der Waals surface area contributed by atoms with Crippen LogP contribution in [0.5, 0.6) is 5.75 Å². The topological polar surface area (TPSA) is 58.6 Å². The number of benzene rings is 2. The predicted octanol–water partition coefficient (Wildman–Crippen LogP) is 3.33. The number of ether oxygens (including phenoxy) is 1. The van der Waals surface area contributed by atoms with Crippen LogP contribution >= 0.6 is 11.6 Å². The lowest BCUT2D eigenvalue weighted by Crippen LogP contribution is -2.41. The van der Waals surface area contributed by atoms with E-state index in [-0.39, 0.29) is 19.0 Å². The largest absolute Gasteiger partial charge is 0.492 e. The molecular formula is C18H16ClFN2O3. The monoisotopic (exact) mass is 362 g/mol. The second kappa shape index (κ2) is 6.72. The van der Waals surface area contributed by atoms with Gasteiger partial charge in [0.15, 0.2) is 0 Å². The number of hydrogen-bond donors (Lipinski definition) is 1. The van der Waals surface area contributed by atoms with E-state index in [1.54, 1.807) is 31.2 Å². The summed E-state index contributed by atoms with van der Waals surface area (Å²) in [5, 5.41) is 3.10. The van der Waals surface area contributed by atoms with E-state index in [0.29, 0.717) is 16.3 Å². The minimum atomic E-state index is -1.22. The summed E-state index contributed by atoms with van der Waals surface area (Å²) in [5.41, 5.74) is -0.678. The van der Waals surface area contributed by atoms with Crippen LogP contribution in [0.4, 0.5) is 9.18 Å². The van der Waals surface area contributed by atoms with E-state index in [9.17, 15) is 14.0 Å². The fraction of sp³-hybridized carbons (Fsp3) is 0.222. The van der Waals surface area contributed by atoms with E-state index >= 15 is 0 Å². The molecule has 3 amide bonds. The fourth-order valence-corrected chi connectivity index (χ4v) is 3.06. The van der Waals surface area contributed by atoms with Gasteiger partial charge in [0.05, 0.1) is 6.54 Å². The molecule has 2 aromatic carbocycles. The molecule has 1 atom stereocenters. The van der Waals surface area contributed by atoms with Gasteiger partial charge in [-0.25, -0.2) is 9.18 Å². The number of nitrogens with one attached hydrogen (secondary N) is 1. The quantitative estimate of drug-likeness (QED) is 0.830. The van der Waals surface area contributed by atoms with Crippen molar-refractivity contribution in [1.82, 2.24) is 10.2 Å². The Hall–Kier alpha value is -2.60. The first-order chi connectivity index (χ1) is 11.9. The Labute approximate surface area is 149 Å². The zero-order valence-electron chi connectivity index (χ0n) is 13.5. The smallest absolute Gasteiger partial charge is 0.325 e. The van der Waals surface area contributed by atoms with Crippen LogP contribution in [0, 0.1) is 5.82 Å². The molecule has 1 saturated heterocycles. The highest BCUT2D eigenvalue weighted by Crippen LogP contribution is 2.33. The molecule has 0 aliphatic carbocycles. The predicted molar refractivity (Wildman–Crippen MR) is 90.9 cm³/mol. The molecule has 0 radical (unpaired) electrons. The van der Waals surface area contributed by atoms with Gasteiger partial charge in [0, 0.05) is 10.6 Å². The minimum absolute atomic E-state index is 0.0715. The van der Waals surface area contributed by atoms with Crippen molar-refractivity contribution in [2.75, 3.05) is 13.2 Å². The second-order valence-electron chi connectivity index (χ2n) is 5.79. The maximum absolute atomic E-state index is 12.9. The maximum atomic E-state index is 12.9. The van der Waals surface area contributed by atoms with E-state index in [4.69, 9.17) is 16.3 Å². The molecule has 7 heteroatoms. The molecule has 3 rings (SSSR count). The van der Waals surface area contributed by atoms with Crippen LogP contribution in [-0.4, -0.2) is 30.0 Å². The number of rotatable bonds is 5. The van der Waals surface area contributed by atoms with Gasteiger partial charge in [-0.15, -0.1) is 0 Å². The van der Waals surface area contributed by atoms with Crippen LogP contribution in [0.15, 0.2) is 48.5 Å². The van der Waals surface area contributed by atoms with Gasteiger partial charge >= 0.3 is 6.03 Å². The molecule has 1 unspecified atom stereocenters. The van der Waals surface area contributed by atoms with E-state index in [1.165, 1.54) is 24.3 Å². The lowest BCUT2D eigenvalue weighted by molar-refractivity contribution is -0.131. The third-order valence-electron chi connectivity index (χ3n) is 4.08. The van der Waals surface area contributed by atoms with Gasteiger partial charge in [-0.3, -0.25) is 9.69 Å². The zero-order chi connectivity index (χ0) is 18.0. The van der Waals surface area contributed by atoms with Crippen molar-refractivity contribution in [1.29, 1.82) is 0 Å². The van der Waals surface area contributed by atoms with Crippen molar-refractivity contribution in [2.45, 2.75) is 12.5 Å². The summed E-state index contributed by atoms with van der Waals surface area (Å²) in [6.45, 7) is 1.79. The first kappa shape index (κ1) is 17.2. The van der Waals surface area contributed by atoms with Crippen molar-refractivity contribution < 1.29 is 18.7 Å². The van der Waals surface area contributed by atoms with Gasteiger partial charge in [0.1, 0.15) is 23.7 Å². The first-order valence-electron chi connectivity index (χ1n) is 7.69. The number of amides is 3. The summed E-state index contributed by atoms with van der Waals surface area (Å²) in [6.07, 6.45) is 0. The Morgan fingerprint density at radius 2 is 1.84 bits per heavy atom. The minimum Gasteiger partial charge on any atom is -0.492 e. The van der Waals surface area contributed by atoms with Crippen molar-refractivity contribution in [3.05, 3.63) is 64.9 Å². The summed E-state index contributed by atoms with van der Waals surface area (Å²) in [5.74, 6) is -0.299. The maximum Gasteiger partial charge on any atom is 0.325 e. The second-order valence-corrected chi connectivity index (χ2v) is 6.20. The number of urea groups is 1. The van der Waals surface area contributed by atoms with Gasteiger partial charge < -0.3 is 10.1 Å². The van der Waals surface area contributed by atoms with Gasteiger partial charge in [0.2, 0.25) is 0 Å². The Morgan fingerprint density at radius 3 is 2.52 bits per heavy atom. The van der Waals surface area contributed by atoms with E-state index in [1.807, 2.05) is 0 Å². The SMILES string of the molecule is CC1(c2ccccc2Cl)NC(=O)N(CCOc2ccc(F)cc2)C1=O. The Bertz CT molecular complexity index is 812. The number of hydrogen-bond acceptors (Lipinski definition) is 3. The lowest BCUT2D eigenvalue weighted by atomic mass is 9.92. The summed E-state index contributed by atoms with van der Waals surface area (Å²) in [6, 6.07) is 11.9. The van der Waals surface area contributed by atoms with Gasteiger partial charge in [-0.1, -0.05) is 29.8 Å². The summed E-state index contributed by atoms with van der Waals surface area (Å²) >= 11 is 6.17. The number of nitrogens with zero attached hydrogens (tertiary/aromatic N) is 1. The molecule has 1 fully saturated rings. The van der Waals surface area contributed by atoms with Crippen molar-refractivity contribution in [3.8, 4) is 5.75 Å². The third-order valence-corrected chi connectivity index (χ3v) is 4.41. The lowest BCUT2D eigenvalue weighted by Gasteiger charge is -2.23. The molecule has 1 heterocycles. The molecule has 1 aliphatic rings. The summed E-state index contributed by atoms with van der Waals surface area (Å²) in [4.78, 5) is 26.1.